The molecule has 0 spiro atoms. The van der Waals surface area contributed by atoms with Crippen LogP contribution < -0.4 is 11.1 Å². The number of amides is 1. The zero-order valence-electron chi connectivity index (χ0n) is 10.8. The van der Waals surface area contributed by atoms with Crippen LogP contribution >= 0.6 is 0 Å². The Morgan fingerprint density at radius 2 is 1.67 bits per heavy atom. The first-order chi connectivity index (χ1) is 9.81. The highest BCUT2D eigenvalue weighted by Crippen LogP contribution is 2.24. The molecule has 2 rings (SSSR count). The average molecular weight is 298 g/mol. The third-order valence-electron chi connectivity index (χ3n) is 2.86. The minimum atomic E-state index is -1.29. The summed E-state index contributed by atoms with van der Waals surface area (Å²) in [5.41, 5.74) is 4.07. The molecule has 0 aliphatic rings. The van der Waals surface area contributed by atoms with Crippen molar-refractivity contribution in [2.24, 2.45) is 0 Å². The summed E-state index contributed by atoms with van der Waals surface area (Å²) in [5, 5.41) is 1.97. The molecular formula is C14H10F4N2O. The van der Waals surface area contributed by atoms with Gasteiger partial charge in [0.05, 0.1) is 5.56 Å². The van der Waals surface area contributed by atoms with Crippen molar-refractivity contribution in [3.8, 4) is 0 Å². The molecule has 3 nitrogen and oxygen atoms in total. The maximum atomic E-state index is 13.8. The molecule has 0 aromatic heterocycles. The Labute approximate surface area is 117 Å². The Kier molecular flexibility index (Phi) is 3.84. The van der Waals surface area contributed by atoms with Gasteiger partial charge >= 0.3 is 0 Å². The molecular weight excluding hydrogens is 288 g/mol. The number of rotatable bonds is 2. The molecule has 0 saturated carbocycles. The maximum Gasteiger partial charge on any atom is 0.258 e. The van der Waals surface area contributed by atoms with Gasteiger partial charge in [0.1, 0.15) is 11.5 Å². The average Bonchev–Trinajstić information content (AvgIpc) is 2.43. The molecule has 110 valence electrons. The predicted molar refractivity (Wildman–Crippen MR) is 69.8 cm³/mol. The first kappa shape index (κ1) is 14.8. The second-order valence-corrected chi connectivity index (χ2v) is 4.36. The monoisotopic (exact) mass is 298 g/mol. The first-order valence-corrected chi connectivity index (χ1v) is 5.81. The molecule has 3 N–H and O–H groups in total. The van der Waals surface area contributed by atoms with Crippen molar-refractivity contribution in [1.82, 2.24) is 0 Å². The SMILES string of the molecule is Cc1ccc(F)c(NC(=O)c2cc(F)c(F)cc2N)c1F. The van der Waals surface area contributed by atoms with Crippen LogP contribution in [0.2, 0.25) is 0 Å². The third kappa shape index (κ3) is 2.81. The van der Waals surface area contributed by atoms with Crippen molar-refractivity contribution in [2.45, 2.75) is 6.92 Å². The van der Waals surface area contributed by atoms with E-state index >= 15 is 0 Å². The minimum Gasteiger partial charge on any atom is -0.398 e. The number of halogens is 4. The van der Waals surface area contributed by atoms with Gasteiger partial charge in [-0.2, -0.15) is 0 Å². The molecule has 21 heavy (non-hydrogen) atoms. The van der Waals surface area contributed by atoms with Crippen molar-refractivity contribution < 1.29 is 22.4 Å². The summed E-state index contributed by atoms with van der Waals surface area (Å²) in [4.78, 5) is 11.9. The van der Waals surface area contributed by atoms with E-state index in [0.717, 1.165) is 6.07 Å². The first-order valence-electron chi connectivity index (χ1n) is 5.81. The molecule has 0 heterocycles. The summed E-state index contributed by atoms with van der Waals surface area (Å²) < 4.78 is 53.3. The number of hydrogen-bond donors (Lipinski definition) is 2. The summed E-state index contributed by atoms with van der Waals surface area (Å²) >= 11 is 0. The van der Waals surface area contributed by atoms with E-state index in [1.165, 1.54) is 13.0 Å². The van der Waals surface area contributed by atoms with Gasteiger partial charge in [0.2, 0.25) is 0 Å². The number of nitrogen functional groups attached to an aromatic ring is 1. The largest absolute Gasteiger partial charge is 0.398 e. The molecule has 0 radical (unpaired) electrons. The lowest BCUT2D eigenvalue weighted by Crippen LogP contribution is -2.17. The number of benzene rings is 2. The van der Waals surface area contributed by atoms with E-state index in [4.69, 9.17) is 5.73 Å². The van der Waals surface area contributed by atoms with E-state index in [1.807, 2.05) is 5.32 Å². The number of aryl methyl sites for hydroxylation is 1. The standard InChI is InChI=1S/C14H10F4N2O/c1-6-2-3-8(15)13(12(6)18)20-14(21)7-4-9(16)10(17)5-11(7)19/h2-5H,19H2,1H3,(H,20,21). The fourth-order valence-corrected chi connectivity index (χ4v) is 1.71. The molecule has 0 fully saturated rings. The summed E-state index contributed by atoms with van der Waals surface area (Å²) in [6, 6.07) is 3.35. The van der Waals surface area contributed by atoms with Crippen LogP contribution in [-0.2, 0) is 0 Å². The van der Waals surface area contributed by atoms with Crippen molar-refractivity contribution in [1.29, 1.82) is 0 Å². The highest BCUT2D eigenvalue weighted by molar-refractivity contribution is 6.07. The Hall–Kier alpha value is -2.57. The minimum absolute atomic E-state index is 0.116. The second kappa shape index (κ2) is 5.43. The van der Waals surface area contributed by atoms with Gasteiger partial charge in [0.25, 0.3) is 5.91 Å². The normalized spacial score (nSPS) is 10.5. The Bertz CT molecular complexity index is 731. The van der Waals surface area contributed by atoms with Crippen LogP contribution in [0.3, 0.4) is 0 Å². The van der Waals surface area contributed by atoms with E-state index in [1.54, 1.807) is 0 Å². The molecule has 7 heteroatoms. The van der Waals surface area contributed by atoms with Crippen LogP contribution in [0.5, 0.6) is 0 Å². The smallest absolute Gasteiger partial charge is 0.258 e. The Balaban J connectivity index is 2.40. The summed E-state index contributed by atoms with van der Waals surface area (Å²) in [5.74, 6) is -5.51. The van der Waals surface area contributed by atoms with Crippen molar-refractivity contribution >= 4 is 17.3 Å². The van der Waals surface area contributed by atoms with Crippen LogP contribution in [0.1, 0.15) is 15.9 Å². The molecule has 1 amide bonds. The maximum absolute atomic E-state index is 13.8. The fourth-order valence-electron chi connectivity index (χ4n) is 1.71. The summed E-state index contributed by atoms with van der Waals surface area (Å²) in [6.45, 7) is 1.39. The van der Waals surface area contributed by atoms with Crippen LogP contribution in [0.15, 0.2) is 24.3 Å². The van der Waals surface area contributed by atoms with E-state index in [0.29, 0.717) is 12.1 Å². The van der Waals surface area contributed by atoms with Gasteiger partial charge < -0.3 is 11.1 Å². The zero-order valence-corrected chi connectivity index (χ0v) is 10.8. The van der Waals surface area contributed by atoms with E-state index < -0.39 is 40.4 Å². The third-order valence-corrected chi connectivity index (χ3v) is 2.86. The van der Waals surface area contributed by atoms with Gasteiger partial charge in [0, 0.05) is 11.8 Å². The summed E-state index contributed by atoms with van der Waals surface area (Å²) in [7, 11) is 0. The van der Waals surface area contributed by atoms with Gasteiger partial charge in [-0.3, -0.25) is 4.79 Å². The topological polar surface area (TPSA) is 55.1 Å². The van der Waals surface area contributed by atoms with E-state index in [-0.39, 0.29) is 11.3 Å². The number of carbonyl (C=O) groups excluding carboxylic acids is 1. The van der Waals surface area contributed by atoms with Gasteiger partial charge in [-0.1, -0.05) is 6.07 Å². The fraction of sp³-hybridized carbons (Fsp3) is 0.0714. The lowest BCUT2D eigenvalue weighted by Gasteiger charge is -2.11. The highest BCUT2D eigenvalue weighted by atomic mass is 19.2. The molecule has 0 saturated heterocycles. The van der Waals surface area contributed by atoms with Crippen molar-refractivity contribution in [2.75, 3.05) is 11.1 Å². The van der Waals surface area contributed by atoms with Gasteiger partial charge in [-0.15, -0.1) is 0 Å². The van der Waals surface area contributed by atoms with E-state index in [9.17, 15) is 22.4 Å². The van der Waals surface area contributed by atoms with Crippen LogP contribution in [-0.4, -0.2) is 5.91 Å². The lowest BCUT2D eigenvalue weighted by atomic mass is 10.1. The number of nitrogens with two attached hydrogens (primary N) is 1. The lowest BCUT2D eigenvalue weighted by molar-refractivity contribution is 0.102. The number of hydrogen-bond acceptors (Lipinski definition) is 2. The second-order valence-electron chi connectivity index (χ2n) is 4.36. The van der Waals surface area contributed by atoms with Gasteiger partial charge in [-0.25, -0.2) is 17.6 Å². The molecule has 0 aliphatic heterocycles. The molecule has 2 aromatic rings. The Morgan fingerprint density at radius 3 is 2.33 bits per heavy atom. The quantitative estimate of drug-likeness (QED) is 0.659. The van der Waals surface area contributed by atoms with E-state index in [2.05, 4.69) is 0 Å². The van der Waals surface area contributed by atoms with Gasteiger partial charge in [-0.05, 0) is 24.6 Å². The van der Waals surface area contributed by atoms with Crippen molar-refractivity contribution in [3.63, 3.8) is 0 Å². The molecule has 0 aliphatic carbocycles. The number of anilines is 2. The van der Waals surface area contributed by atoms with Crippen molar-refractivity contribution in [3.05, 3.63) is 58.7 Å². The Morgan fingerprint density at radius 1 is 1.05 bits per heavy atom. The van der Waals surface area contributed by atoms with Crippen LogP contribution in [0.4, 0.5) is 28.9 Å². The molecule has 0 unspecified atom stereocenters. The molecule has 2 aromatic carbocycles. The van der Waals surface area contributed by atoms with Gasteiger partial charge in [0.15, 0.2) is 17.5 Å². The highest BCUT2D eigenvalue weighted by Gasteiger charge is 2.18. The van der Waals surface area contributed by atoms with Crippen LogP contribution in [0, 0.1) is 30.2 Å². The predicted octanol–water partition coefficient (Wildman–Crippen LogP) is 3.39. The molecule has 0 atom stereocenters. The van der Waals surface area contributed by atoms with Crippen LogP contribution in [0.25, 0.3) is 0 Å². The number of nitrogens with one attached hydrogen (secondary N) is 1. The summed E-state index contributed by atoms with van der Waals surface area (Å²) in [6.07, 6.45) is 0. The number of carbonyl (C=O) groups is 1. The molecule has 0 bridgehead atoms. The zero-order chi connectivity index (χ0) is 15.7.